The zero-order chi connectivity index (χ0) is 15.8. The van der Waals surface area contributed by atoms with Crippen molar-refractivity contribution < 1.29 is 9.59 Å². The molecule has 1 aromatic rings. The Bertz CT molecular complexity index is 599. The Morgan fingerprint density at radius 1 is 0.913 bits per heavy atom. The van der Waals surface area contributed by atoms with Gasteiger partial charge in [0.2, 0.25) is 5.91 Å². The maximum Gasteiger partial charge on any atom is 0.251 e. The normalized spacial score (nSPS) is 32.2. The predicted molar refractivity (Wildman–Crippen MR) is 89.0 cm³/mol. The van der Waals surface area contributed by atoms with Crippen LogP contribution >= 0.6 is 0 Å². The molecule has 4 nitrogen and oxygen atoms in total. The van der Waals surface area contributed by atoms with Crippen molar-refractivity contribution in [2.45, 2.75) is 57.0 Å². The summed E-state index contributed by atoms with van der Waals surface area (Å²) >= 11 is 0. The molecule has 1 aromatic carbocycles. The number of carbonyl (C=O) groups excluding carboxylic acids is 2. The maximum atomic E-state index is 13.0. The van der Waals surface area contributed by atoms with Gasteiger partial charge in [-0.1, -0.05) is 31.0 Å². The van der Waals surface area contributed by atoms with Crippen LogP contribution in [-0.4, -0.2) is 35.3 Å². The molecule has 1 saturated carbocycles. The summed E-state index contributed by atoms with van der Waals surface area (Å²) in [4.78, 5) is 29.2. The van der Waals surface area contributed by atoms with E-state index in [1.54, 1.807) is 0 Å². The summed E-state index contributed by atoms with van der Waals surface area (Å²) in [5.74, 6) is 0.655. The van der Waals surface area contributed by atoms with Crippen molar-refractivity contribution in [3.8, 4) is 0 Å². The van der Waals surface area contributed by atoms with Gasteiger partial charge >= 0.3 is 0 Å². The number of likely N-dealkylation sites (tertiary alicyclic amines) is 1. The smallest absolute Gasteiger partial charge is 0.251 e. The number of para-hydroxylation sites is 1. The minimum Gasteiger partial charge on any atom is -0.288 e. The third-order valence-electron chi connectivity index (χ3n) is 5.82. The van der Waals surface area contributed by atoms with Gasteiger partial charge in [-0.2, -0.15) is 0 Å². The average molecular weight is 312 g/mol. The number of benzene rings is 1. The lowest BCUT2D eigenvalue weighted by Crippen LogP contribution is -2.54. The van der Waals surface area contributed by atoms with Crippen LogP contribution in [0.2, 0.25) is 0 Å². The molecular formula is C19H24N2O2. The van der Waals surface area contributed by atoms with Gasteiger partial charge in [0, 0.05) is 6.04 Å². The van der Waals surface area contributed by atoms with Gasteiger partial charge in [0.05, 0.1) is 18.2 Å². The maximum absolute atomic E-state index is 13.0. The fourth-order valence-electron chi connectivity index (χ4n) is 4.77. The molecule has 0 N–H and O–H groups in total. The van der Waals surface area contributed by atoms with Gasteiger partial charge in [-0.25, -0.2) is 4.90 Å². The molecule has 3 unspecified atom stereocenters. The molecule has 0 radical (unpaired) electrons. The highest BCUT2D eigenvalue weighted by molar-refractivity contribution is 6.22. The summed E-state index contributed by atoms with van der Waals surface area (Å²) in [6.07, 6.45) is 7.85. The van der Waals surface area contributed by atoms with Crippen LogP contribution in [0.4, 0.5) is 5.69 Å². The van der Waals surface area contributed by atoms with Crippen molar-refractivity contribution in [1.82, 2.24) is 4.90 Å². The number of nitrogens with zero attached hydrogens (tertiary/aromatic N) is 2. The largest absolute Gasteiger partial charge is 0.288 e. The number of imide groups is 1. The third kappa shape index (κ3) is 2.59. The van der Waals surface area contributed by atoms with Gasteiger partial charge in [-0.3, -0.25) is 14.5 Å². The monoisotopic (exact) mass is 312 g/mol. The lowest BCUT2D eigenvalue weighted by atomic mass is 9.77. The molecule has 1 aliphatic carbocycles. The zero-order valence-electron chi connectivity index (χ0n) is 13.5. The second kappa shape index (κ2) is 6.08. The Morgan fingerprint density at radius 2 is 1.65 bits per heavy atom. The molecule has 2 heterocycles. The van der Waals surface area contributed by atoms with Crippen molar-refractivity contribution in [2.75, 3.05) is 11.4 Å². The first-order valence-corrected chi connectivity index (χ1v) is 8.93. The molecule has 4 heteroatoms. The highest BCUT2D eigenvalue weighted by Gasteiger charge is 2.47. The van der Waals surface area contributed by atoms with E-state index < -0.39 is 0 Å². The van der Waals surface area contributed by atoms with Crippen LogP contribution in [0.3, 0.4) is 0 Å². The van der Waals surface area contributed by atoms with E-state index in [0.717, 1.165) is 18.9 Å². The van der Waals surface area contributed by atoms with Crippen molar-refractivity contribution >= 4 is 17.5 Å². The van der Waals surface area contributed by atoms with E-state index in [1.807, 2.05) is 30.3 Å². The fourth-order valence-corrected chi connectivity index (χ4v) is 4.77. The molecule has 2 amide bonds. The number of hydrogen-bond acceptors (Lipinski definition) is 3. The highest BCUT2D eigenvalue weighted by Crippen LogP contribution is 2.38. The van der Waals surface area contributed by atoms with Gasteiger partial charge in [-0.15, -0.1) is 0 Å². The van der Waals surface area contributed by atoms with E-state index in [2.05, 4.69) is 4.90 Å². The zero-order valence-corrected chi connectivity index (χ0v) is 13.5. The molecule has 2 saturated heterocycles. The van der Waals surface area contributed by atoms with Crippen LogP contribution < -0.4 is 4.90 Å². The van der Waals surface area contributed by atoms with Crippen molar-refractivity contribution in [2.24, 2.45) is 5.92 Å². The first-order valence-electron chi connectivity index (χ1n) is 8.93. The molecule has 4 rings (SSSR count). The highest BCUT2D eigenvalue weighted by atomic mass is 16.2. The first kappa shape index (κ1) is 14.9. The minimum atomic E-state index is -0.242. The second-order valence-electron chi connectivity index (χ2n) is 7.11. The SMILES string of the molecule is O=C1CC(N2CCCC3CCCCC32)C(=O)N1c1ccccc1. The third-order valence-corrected chi connectivity index (χ3v) is 5.82. The summed E-state index contributed by atoms with van der Waals surface area (Å²) in [6, 6.07) is 9.62. The summed E-state index contributed by atoms with van der Waals surface area (Å²) in [5.41, 5.74) is 0.710. The van der Waals surface area contributed by atoms with Crippen molar-refractivity contribution in [3.05, 3.63) is 30.3 Å². The Labute approximate surface area is 137 Å². The quantitative estimate of drug-likeness (QED) is 0.788. The number of carbonyl (C=O) groups is 2. The lowest BCUT2D eigenvalue weighted by Gasteiger charge is -2.46. The molecule has 0 bridgehead atoms. The number of fused-ring (bicyclic) bond motifs is 1. The van der Waals surface area contributed by atoms with E-state index in [4.69, 9.17) is 0 Å². The second-order valence-corrected chi connectivity index (χ2v) is 7.11. The lowest BCUT2D eigenvalue weighted by molar-refractivity contribution is -0.124. The first-order chi connectivity index (χ1) is 11.3. The Kier molecular flexibility index (Phi) is 3.93. The number of hydrogen-bond donors (Lipinski definition) is 0. The van der Waals surface area contributed by atoms with Gasteiger partial charge in [0.15, 0.2) is 0 Å². The summed E-state index contributed by atoms with van der Waals surface area (Å²) in [6.45, 7) is 0.966. The van der Waals surface area contributed by atoms with Crippen LogP contribution in [0, 0.1) is 5.92 Å². The number of anilines is 1. The van der Waals surface area contributed by atoms with Gasteiger partial charge in [0.1, 0.15) is 0 Å². The summed E-state index contributed by atoms with van der Waals surface area (Å²) < 4.78 is 0. The molecular weight excluding hydrogens is 288 g/mol. The van der Waals surface area contributed by atoms with Crippen molar-refractivity contribution in [1.29, 1.82) is 0 Å². The van der Waals surface area contributed by atoms with Crippen LogP contribution in [0.15, 0.2) is 30.3 Å². The van der Waals surface area contributed by atoms with Crippen LogP contribution in [0.25, 0.3) is 0 Å². The van der Waals surface area contributed by atoms with E-state index in [0.29, 0.717) is 18.2 Å². The molecule has 0 spiro atoms. The van der Waals surface area contributed by atoms with Gasteiger partial charge in [0.25, 0.3) is 5.91 Å². The summed E-state index contributed by atoms with van der Waals surface area (Å²) in [5, 5.41) is 0. The van der Waals surface area contributed by atoms with Crippen LogP contribution in [0.1, 0.15) is 44.9 Å². The minimum absolute atomic E-state index is 0.0209. The molecule has 3 aliphatic rings. The fraction of sp³-hybridized carbons (Fsp3) is 0.579. The molecule has 23 heavy (non-hydrogen) atoms. The van der Waals surface area contributed by atoms with Gasteiger partial charge < -0.3 is 0 Å². The molecule has 3 fully saturated rings. The van der Waals surface area contributed by atoms with E-state index in [-0.39, 0.29) is 17.9 Å². The average Bonchev–Trinajstić information content (AvgIpc) is 2.89. The topological polar surface area (TPSA) is 40.6 Å². The Morgan fingerprint density at radius 3 is 2.48 bits per heavy atom. The van der Waals surface area contributed by atoms with Crippen LogP contribution in [-0.2, 0) is 9.59 Å². The number of piperidine rings is 1. The van der Waals surface area contributed by atoms with Crippen molar-refractivity contribution in [3.63, 3.8) is 0 Å². The standard InChI is InChI=1S/C19H24N2O2/c22-18-13-17(19(23)21(18)15-9-2-1-3-10-15)20-12-6-8-14-7-4-5-11-16(14)20/h1-3,9-10,14,16-17H,4-8,11-13H2. The predicted octanol–water partition coefficient (Wildman–Crippen LogP) is 2.97. The number of rotatable bonds is 2. The Hall–Kier alpha value is -1.68. The molecule has 122 valence electrons. The molecule has 0 aromatic heterocycles. The van der Waals surface area contributed by atoms with Crippen LogP contribution in [0.5, 0.6) is 0 Å². The van der Waals surface area contributed by atoms with E-state index >= 15 is 0 Å². The van der Waals surface area contributed by atoms with E-state index in [9.17, 15) is 9.59 Å². The molecule has 3 atom stereocenters. The van der Waals surface area contributed by atoms with E-state index in [1.165, 1.54) is 37.0 Å². The number of amides is 2. The Balaban J connectivity index is 1.58. The summed E-state index contributed by atoms with van der Waals surface area (Å²) in [7, 11) is 0. The molecule has 2 aliphatic heterocycles. The van der Waals surface area contributed by atoms with Gasteiger partial charge in [-0.05, 0) is 50.3 Å².